The van der Waals surface area contributed by atoms with Crippen molar-refractivity contribution in [3.8, 4) is 0 Å². The lowest BCUT2D eigenvalue weighted by molar-refractivity contribution is 0.0600. The van der Waals surface area contributed by atoms with E-state index in [9.17, 15) is 13.2 Å². The van der Waals surface area contributed by atoms with Crippen LogP contribution in [0.2, 0.25) is 0 Å². The molecule has 1 aliphatic rings. The minimum absolute atomic E-state index is 0.00665. The third-order valence-corrected chi connectivity index (χ3v) is 5.74. The molecule has 0 bridgehead atoms. The van der Waals surface area contributed by atoms with Gasteiger partial charge in [0.15, 0.2) is 0 Å². The van der Waals surface area contributed by atoms with E-state index in [0.29, 0.717) is 11.1 Å². The molecule has 22 heavy (non-hydrogen) atoms. The van der Waals surface area contributed by atoms with Gasteiger partial charge in [0, 0.05) is 6.04 Å². The summed E-state index contributed by atoms with van der Waals surface area (Å²) in [6.45, 7) is 1.69. The molecule has 0 spiro atoms. The molecule has 0 radical (unpaired) electrons. The Labute approximate surface area is 132 Å². The molecule has 0 amide bonds. The molecule has 1 aromatic carbocycles. The van der Waals surface area contributed by atoms with Gasteiger partial charge in [0.1, 0.15) is 0 Å². The first-order chi connectivity index (χ1) is 10.4. The molecule has 1 aromatic rings. The molecule has 1 N–H and O–H groups in total. The molecule has 0 heterocycles. The van der Waals surface area contributed by atoms with Gasteiger partial charge < -0.3 is 4.74 Å². The molecule has 0 atom stereocenters. The zero-order chi connectivity index (χ0) is 16.2. The van der Waals surface area contributed by atoms with Crippen LogP contribution in [0, 0.1) is 6.92 Å². The van der Waals surface area contributed by atoms with E-state index in [0.717, 1.165) is 25.7 Å². The van der Waals surface area contributed by atoms with Crippen LogP contribution in [0.4, 0.5) is 0 Å². The predicted molar refractivity (Wildman–Crippen MR) is 84.3 cm³/mol. The van der Waals surface area contributed by atoms with E-state index in [-0.39, 0.29) is 10.9 Å². The molecule has 0 saturated heterocycles. The monoisotopic (exact) mass is 325 g/mol. The Kier molecular flexibility index (Phi) is 5.58. The minimum Gasteiger partial charge on any atom is -0.465 e. The van der Waals surface area contributed by atoms with Gasteiger partial charge in [-0.2, -0.15) is 0 Å². The number of hydrogen-bond donors (Lipinski definition) is 1. The number of methoxy groups -OCH3 is 1. The van der Waals surface area contributed by atoms with Crippen molar-refractivity contribution >= 4 is 16.0 Å². The Balaban J connectivity index is 2.19. The van der Waals surface area contributed by atoms with Gasteiger partial charge in [-0.25, -0.2) is 17.9 Å². The summed E-state index contributed by atoms with van der Waals surface area (Å²) in [5.74, 6) is -0.469. The minimum atomic E-state index is -3.56. The Morgan fingerprint density at radius 2 is 1.82 bits per heavy atom. The van der Waals surface area contributed by atoms with Crippen molar-refractivity contribution in [1.29, 1.82) is 0 Å². The fraction of sp³-hybridized carbons (Fsp3) is 0.562. The average molecular weight is 325 g/mol. The molecular weight excluding hydrogens is 302 g/mol. The molecule has 1 fully saturated rings. The molecule has 0 aromatic heterocycles. The highest BCUT2D eigenvalue weighted by Crippen LogP contribution is 2.22. The molecule has 0 unspecified atom stereocenters. The van der Waals surface area contributed by atoms with Crippen LogP contribution in [0.15, 0.2) is 23.1 Å². The van der Waals surface area contributed by atoms with E-state index in [1.165, 1.54) is 32.1 Å². The SMILES string of the molecule is COC(=O)c1ccc(S(=O)(=O)NC2CCCCCC2)c(C)c1. The van der Waals surface area contributed by atoms with Crippen LogP contribution in [-0.2, 0) is 14.8 Å². The first-order valence-corrected chi connectivity index (χ1v) is 9.13. The van der Waals surface area contributed by atoms with Gasteiger partial charge >= 0.3 is 5.97 Å². The van der Waals surface area contributed by atoms with Crippen molar-refractivity contribution in [2.24, 2.45) is 0 Å². The first-order valence-electron chi connectivity index (χ1n) is 7.65. The fourth-order valence-corrected chi connectivity index (χ4v) is 4.41. The third kappa shape index (κ3) is 4.08. The Bertz CT molecular complexity index is 632. The standard InChI is InChI=1S/C16H23NO4S/c1-12-11-13(16(18)21-2)9-10-15(12)22(19,20)17-14-7-5-3-4-6-8-14/h9-11,14,17H,3-8H2,1-2H3. The van der Waals surface area contributed by atoms with Crippen molar-refractivity contribution in [2.75, 3.05) is 7.11 Å². The number of carbonyl (C=O) groups excluding carboxylic acids is 1. The lowest BCUT2D eigenvalue weighted by Gasteiger charge is -2.17. The van der Waals surface area contributed by atoms with Gasteiger partial charge in [-0.05, 0) is 43.5 Å². The largest absolute Gasteiger partial charge is 0.465 e. The smallest absolute Gasteiger partial charge is 0.337 e. The van der Waals surface area contributed by atoms with Crippen LogP contribution in [0.3, 0.4) is 0 Å². The second kappa shape index (κ2) is 7.24. The Morgan fingerprint density at radius 3 is 2.36 bits per heavy atom. The van der Waals surface area contributed by atoms with E-state index < -0.39 is 16.0 Å². The molecule has 6 heteroatoms. The summed E-state index contributed by atoms with van der Waals surface area (Å²) < 4.78 is 32.6. The lowest BCUT2D eigenvalue weighted by atomic mass is 10.1. The molecule has 1 saturated carbocycles. The van der Waals surface area contributed by atoms with Crippen molar-refractivity contribution in [2.45, 2.75) is 56.4 Å². The molecule has 0 aliphatic heterocycles. The number of rotatable bonds is 4. The van der Waals surface area contributed by atoms with E-state index >= 15 is 0 Å². The first kappa shape index (κ1) is 17.0. The number of carbonyl (C=O) groups is 1. The summed E-state index contributed by atoms with van der Waals surface area (Å²) in [6, 6.07) is 4.52. The van der Waals surface area contributed by atoms with Crippen LogP contribution in [-0.4, -0.2) is 27.5 Å². The molecule has 1 aliphatic carbocycles. The maximum atomic E-state index is 12.6. The van der Waals surface area contributed by atoms with Crippen LogP contribution < -0.4 is 4.72 Å². The number of esters is 1. The Hall–Kier alpha value is -1.40. The van der Waals surface area contributed by atoms with E-state index in [1.54, 1.807) is 13.0 Å². The summed E-state index contributed by atoms with van der Waals surface area (Å²) in [4.78, 5) is 11.7. The van der Waals surface area contributed by atoms with Crippen molar-refractivity contribution in [1.82, 2.24) is 4.72 Å². The van der Waals surface area contributed by atoms with Gasteiger partial charge in [0.25, 0.3) is 0 Å². The zero-order valence-corrected chi connectivity index (χ0v) is 13.9. The van der Waals surface area contributed by atoms with Gasteiger partial charge in [-0.3, -0.25) is 0 Å². The number of benzene rings is 1. The zero-order valence-electron chi connectivity index (χ0n) is 13.1. The van der Waals surface area contributed by atoms with Gasteiger partial charge in [0.05, 0.1) is 17.6 Å². The van der Waals surface area contributed by atoms with Crippen molar-refractivity contribution in [3.63, 3.8) is 0 Å². The third-order valence-electron chi connectivity index (χ3n) is 4.06. The average Bonchev–Trinajstić information content (AvgIpc) is 2.74. The summed E-state index contributed by atoms with van der Waals surface area (Å²) in [5.41, 5.74) is 0.900. The topological polar surface area (TPSA) is 72.5 Å². The van der Waals surface area contributed by atoms with Crippen LogP contribution in [0.5, 0.6) is 0 Å². The summed E-state index contributed by atoms with van der Waals surface area (Å²) in [5, 5.41) is 0. The van der Waals surface area contributed by atoms with Crippen LogP contribution in [0.25, 0.3) is 0 Å². The maximum absolute atomic E-state index is 12.6. The van der Waals surface area contributed by atoms with Crippen molar-refractivity contribution in [3.05, 3.63) is 29.3 Å². The molecule has 2 rings (SSSR count). The van der Waals surface area contributed by atoms with Gasteiger partial charge in [0.2, 0.25) is 10.0 Å². The molecule has 5 nitrogen and oxygen atoms in total. The second-order valence-corrected chi connectivity index (χ2v) is 7.46. The number of aryl methyl sites for hydroxylation is 1. The van der Waals surface area contributed by atoms with Gasteiger partial charge in [-0.15, -0.1) is 0 Å². The summed E-state index contributed by atoms with van der Waals surface area (Å²) >= 11 is 0. The van der Waals surface area contributed by atoms with Gasteiger partial charge in [-0.1, -0.05) is 25.7 Å². The highest BCUT2D eigenvalue weighted by molar-refractivity contribution is 7.89. The fourth-order valence-electron chi connectivity index (χ4n) is 2.88. The highest BCUT2D eigenvalue weighted by Gasteiger charge is 2.23. The number of hydrogen-bond acceptors (Lipinski definition) is 4. The number of sulfonamides is 1. The maximum Gasteiger partial charge on any atom is 0.337 e. The Morgan fingerprint density at radius 1 is 1.18 bits per heavy atom. The lowest BCUT2D eigenvalue weighted by Crippen LogP contribution is -2.34. The normalized spacial score (nSPS) is 17.0. The van der Waals surface area contributed by atoms with Crippen molar-refractivity contribution < 1.29 is 17.9 Å². The number of ether oxygens (including phenoxy) is 1. The van der Waals surface area contributed by atoms with Crippen LogP contribution >= 0.6 is 0 Å². The summed E-state index contributed by atoms with van der Waals surface area (Å²) in [7, 11) is -2.26. The quantitative estimate of drug-likeness (QED) is 0.682. The second-order valence-electron chi connectivity index (χ2n) is 5.78. The molecule has 122 valence electrons. The van der Waals surface area contributed by atoms with Crippen LogP contribution in [0.1, 0.15) is 54.4 Å². The highest BCUT2D eigenvalue weighted by atomic mass is 32.2. The summed E-state index contributed by atoms with van der Waals surface area (Å²) in [6.07, 6.45) is 6.24. The van der Waals surface area contributed by atoms with E-state index in [2.05, 4.69) is 9.46 Å². The molecular formula is C16H23NO4S. The predicted octanol–water partition coefficient (Wildman–Crippen LogP) is 2.78. The number of nitrogens with one attached hydrogen (secondary N) is 1. The van der Waals surface area contributed by atoms with E-state index in [1.807, 2.05) is 0 Å². The van der Waals surface area contributed by atoms with E-state index in [4.69, 9.17) is 0 Å².